The molecule has 0 radical (unpaired) electrons. The van der Waals surface area contributed by atoms with Crippen molar-refractivity contribution in [2.75, 3.05) is 0 Å². The summed E-state index contributed by atoms with van der Waals surface area (Å²) in [5.74, 6) is -7.66. The van der Waals surface area contributed by atoms with Gasteiger partial charge in [0.25, 0.3) is 0 Å². The van der Waals surface area contributed by atoms with Crippen LogP contribution in [-0.2, 0) is 28.8 Å². The molecule has 0 rings (SSSR count). The van der Waals surface area contributed by atoms with Gasteiger partial charge in [-0.25, -0.2) is 4.79 Å². The number of hydrogen-bond donors (Lipinski definition) is 8. The third kappa shape index (κ3) is 10.7. The first kappa shape index (κ1) is 28.7. The SMILES string of the molecule is CC(C)CC(NC(=O)C(NC(=O)C(CC(=O)O)NC(=O)C(N)CC(=O)O)C(C)O)C(=O)O. The predicted octanol–water partition coefficient (Wildman–Crippen LogP) is -2.77. The Hall–Kier alpha value is -3.26. The molecule has 14 heteroatoms. The number of carbonyl (C=O) groups is 6. The van der Waals surface area contributed by atoms with Crippen LogP contribution in [-0.4, -0.2) is 86.3 Å². The van der Waals surface area contributed by atoms with Gasteiger partial charge in [0.2, 0.25) is 17.7 Å². The molecule has 0 aromatic carbocycles. The summed E-state index contributed by atoms with van der Waals surface area (Å²) in [5.41, 5.74) is 5.39. The summed E-state index contributed by atoms with van der Waals surface area (Å²) in [6.07, 6.45) is -3.15. The number of aliphatic hydroxyl groups is 1. The van der Waals surface area contributed by atoms with Gasteiger partial charge in [0.05, 0.1) is 25.0 Å². The van der Waals surface area contributed by atoms with Crippen LogP contribution in [0.15, 0.2) is 0 Å². The number of nitrogens with one attached hydrogen (secondary N) is 3. The summed E-state index contributed by atoms with van der Waals surface area (Å²) < 4.78 is 0. The first-order valence-corrected chi connectivity index (χ1v) is 9.66. The van der Waals surface area contributed by atoms with Gasteiger partial charge < -0.3 is 42.1 Å². The third-order valence-corrected chi connectivity index (χ3v) is 4.13. The highest BCUT2D eigenvalue weighted by Gasteiger charge is 2.33. The molecule has 0 aromatic rings. The van der Waals surface area contributed by atoms with Crippen molar-refractivity contribution in [2.45, 2.75) is 70.3 Å². The number of aliphatic carboxylic acids is 3. The summed E-state index contributed by atoms with van der Waals surface area (Å²) >= 11 is 0. The minimum atomic E-state index is -1.75. The van der Waals surface area contributed by atoms with Crippen LogP contribution >= 0.6 is 0 Å². The lowest BCUT2D eigenvalue weighted by atomic mass is 10.0. The van der Waals surface area contributed by atoms with E-state index in [2.05, 4.69) is 10.6 Å². The van der Waals surface area contributed by atoms with Gasteiger partial charge in [0.15, 0.2) is 0 Å². The van der Waals surface area contributed by atoms with Crippen LogP contribution in [0.3, 0.4) is 0 Å². The number of carboxylic acids is 3. The Morgan fingerprint density at radius 3 is 1.66 bits per heavy atom. The highest BCUT2D eigenvalue weighted by molar-refractivity contribution is 5.96. The van der Waals surface area contributed by atoms with E-state index in [1.807, 2.05) is 5.32 Å². The lowest BCUT2D eigenvalue weighted by molar-refractivity contribution is -0.144. The van der Waals surface area contributed by atoms with E-state index in [1.165, 1.54) is 0 Å². The summed E-state index contributed by atoms with van der Waals surface area (Å²) in [6.45, 7) is 4.59. The van der Waals surface area contributed by atoms with Crippen molar-refractivity contribution in [3.05, 3.63) is 0 Å². The fourth-order valence-electron chi connectivity index (χ4n) is 2.56. The van der Waals surface area contributed by atoms with Gasteiger partial charge in [-0.3, -0.25) is 24.0 Å². The molecule has 9 N–H and O–H groups in total. The van der Waals surface area contributed by atoms with Crippen molar-refractivity contribution in [3.8, 4) is 0 Å². The number of nitrogens with two attached hydrogens (primary N) is 1. The second kappa shape index (κ2) is 13.2. The standard InChI is InChI=1S/C18H30N4O10/c1-7(2)4-11(18(31)32)21-17(30)14(8(3)23)22-16(29)10(6-13(26)27)20-15(28)9(19)5-12(24)25/h7-11,14,23H,4-6,19H2,1-3H3,(H,20,28)(H,21,30)(H,22,29)(H,24,25)(H,26,27)(H,31,32). The average Bonchev–Trinajstić information content (AvgIpc) is 2.62. The Morgan fingerprint density at radius 2 is 1.25 bits per heavy atom. The van der Waals surface area contributed by atoms with Crippen molar-refractivity contribution in [1.29, 1.82) is 0 Å². The predicted molar refractivity (Wildman–Crippen MR) is 107 cm³/mol. The molecule has 0 saturated carbocycles. The number of carbonyl (C=O) groups excluding carboxylic acids is 3. The van der Waals surface area contributed by atoms with E-state index in [0.717, 1.165) is 6.92 Å². The largest absolute Gasteiger partial charge is 0.481 e. The Labute approximate surface area is 183 Å². The molecule has 5 atom stereocenters. The van der Waals surface area contributed by atoms with E-state index < -0.39 is 78.7 Å². The minimum absolute atomic E-state index is 0.0702. The van der Waals surface area contributed by atoms with Gasteiger partial charge in [0.1, 0.15) is 18.1 Å². The quantitative estimate of drug-likeness (QED) is 0.131. The summed E-state index contributed by atoms with van der Waals surface area (Å²) in [7, 11) is 0. The monoisotopic (exact) mass is 462 g/mol. The summed E-state index contributed by atoms with van der Waals surface area (Å²) in [6, 6.07) is -6.29. The fraction of sp³-hybridized carbons (Fsp3) is 0.667. The molecule has 14 nitrogen and oxygen atoms in total. The molecular weight excluding hydrogens is 432 g/mol. The maximum Gasteiger partial charge on any atom is 0.326 e. The molecule has 0 aliphatic rings. The van der Waals surface area contributed by atoms with Crippen LogP contribution in [0.4, 0.5) is 0 Å². The van der Waals surface area contributed by atoms with E-state index in [1.54, 1.807) is 13.8 Å². The first-order valence-electron chi connectivity index (χ1n) is 9.66. The van der Waals surface area contributed by atoms with E-state index >= 15 is 0 Å². The van der Waals surface area contributed by atoms with Crippen LogP contribution in [0.1, 0.15) is 40.0 Å². The minimum Gasteiger partial charge on any atom is -0.481 e. The van der Waals surface area contributed by atoms with Crippen molar-refractivity contribution in [2.24, 2.45) is 11.7 Å². The van der Waals surface area contributed by atoms with Crippen LogP contribution in [0, 0.1) is 5.92 Å². The van der Waals surface area contributed by atoms with Crippen molar-refractivity contribution in [3.63, 3.8) is 0 Å². The first-order chi connectivity index (χ1) is 14.6. The van der Waals surface area contributed by atoms with Gasteiger partial charge in [-0.1, -0.05) is 13.8 Å². The Morgan fingerprint density at radius 1 is 0.750 bits per heavy atom. The zero-order chi connectivity index (χ0) is 25.2. The highest BCUT2D eigenvalue weighted by atomic mass is 16.4. The Kier molecular flexibility index (Phi) is 11.9. The Bertz CT molecular complexity index is 725. The number of amides is 3. The molecule has 5 unspecified atom stereocenters. The zero-order valence-corrected chi connectivity index (χ0v) is 17.9. The van der Waals surface area contributed by atoms with Gasteiger partial charge in [-0.2, -0.15) is 0 Å². The maximum absolute atomic E-state index is 12.5. The molecule has 0 aromatic heterocycles. The number of hydrogen-bond acceptors (Lipinski definition) is 8. The topological polar surface area (TPSA) is 245 Å². The highest BCUT2D eigenvalue weighted by Crippen LogP contribution is 2.07. The average molecular weight is 462 g/mol. The molecule has 0 bridgehead atoms. The second-order valence-corrected chi connectivity index (χ2v) is 7.62. The van der Waals surface area contributed by atoms with E-state index in [0.29, 0.717) is 0 Å². The normalized spacial score (nSPS) is 15.6. The van der Waals surface area contributed by atoms with Crippen LogP contribution in [0.2, 0.25) is 0 Å². The molecule has 0 heterocycles. The van der Waals surface area contributed by atoms with Crippen molar-refractivity contribution in [1.82, 2.24) is 16.0 Å². The summed E-state index contributed by atoms with van der Waals surface area (Å²) in [4.78, 5) is 70.1. The van der Waals surface area contributed by atoms with Gasteiger partial charge >= 0.3 is 17.9 Å². The fourth-order valence-corrected chi connectivity index (χ4v) is 2.56. The zero-order valence-electron chi connectivity index (χ0n) is 17.9. The molecule has 0 aliphatic carbocycles. The smallest absolute Gasteiger partial charge is 0.326 e. The molecule has 0 aliphatic heterocycles. The molecule has 0 fully saturated rings. The molecule has 0 spiro atoms. The molecular formula is C18H30N4O10. The lowest BCUT2D eigenvalue weighted by Gasteiger charge is -2.26. The number of aliphatic hydroxyl groups excluding tert-OH is 1. The van der Waals surface area contributed by atoms with Gasteiger partial charge in [0, 0.05) is 0 Å². The van der Waals surface area contributed by atoms with E-state index in [9.17, 15) is 39.0 Å². The maximum atomic E-state index is 12.5. The number of rotatable bonds is 14. The third-order valence-electron chi connectivity index (χ3n) is 4.13. The van der Waals surface area contributed by atoms with Crippen molar-refractivity contribution >= 4 is 35.6 Å². The number of carboxylic acid groups (broad SMARTS) is 3. The molecule has 0 saturated heterocycles. The second-order valence-electron chi connectivity index (χ2n) is 7.62. The van der Waals surface area contributed by atoms with E-state index in [-0.39, 0.29) is 12.3 Å². The van der Waals surface area contributed by atoms with E-state index in [4.69, 9.17) is 15.9 Å². The van der Waals surface area contributed by atoms with Gasteiger partial charge in [-0.15, -0.1) is 0 Å². The van der Waals surface area contributed by atoms with Crippen molar-refractivity contribution < 1.29 is 49.2 Å². The van der Waals surface area contributed by atoms with Crippen LogP contribution in [0.5, 0.6) is 0 Å². The Balaban J connectivity index is 5.45. The van der Waals surface area contributed by atoms with Crippen LogP contribution < -0.4 is 21.7 Å². The molecule has 32 heavy (non-hydrogen) atoms. The lowest BCUT2D eigenvalue weighted by Crippen LogP contribution is -2.60. The summed E-state index contributed by atoms with van der Waals surface area (Å²) in [5, 5.41) is 43.1. The molecule has 3 amide bonds. The van der Waals surface area contributed by atoms with Gasteiger partial charge in [-0.05, 0) is 19.3 Å². The van der Waals surface area contributed by atoms with Crippen LogP contribution in [0.25, 0.3) is 0 Å². The molecule has 182 valence electrons.